The predicted octanol–water partition coefficient (Wildman–Crippen LogP) is 1.58. The molecule has 0 fully saturated rings. The van der Waals surface area contributed by atoms with Gasteiger partial charge < -0.3 is 16.6 Å². The quantitative estimate of drug-likeness (QED) is 0.275. The molecule has 7 N–H and O–H groups in total. The molecule has 160 valence electrons. The Morgan fingerprint density at radius 3 is 1.84 bits per heavy atom. The van der Waals surface area contributed by atoms with Gasteiger partial charge in [-0.2, -0.15) is 0 Å². The first-order valence-electron chi connectivity index (χ1n) is 9.65. The Morgan fingerprint density at radius 1 is 0.935 bits per heavy atom. The van der Waals surface area contributed by atoms with E-state index >= 15 is 0 Å². The summed E-state index contributed by atoms with van der Waals surface area (Å²) in [5.74, 6) is -1.38. The highest BCUT2D eigenvalue weighted by Crippen LogP contribution is 2.16. The summed E-state index contributed by atoms with van der Waals surface area (Å²) >= 11 is 0. The minimum atomic E-state index is -1.19. The van der Waals surface area contributed by atoms with E-state index in [1.165, 1.54) is 9.13 Å². The highest BCUT2D eigenvalue weighted by Gasteiger charge is 2.24. The summed E-state index contributed by atoms with van der Waals surface area (Å²) in [5.41, 5.74) is 13.4. The van der Waals surface area contributed by atoms with Crippen LogP contribution in [0.4, 0.5) is 0 Å². The van der Waals surface area contributed by atoms with Crippen molar-refractivity contribution < 1.29 is 9.90 Å². The maximum atomic E-state index is 13.2. The Hall–Kier alpha value is -4.14. The minimum Gasteiger partial charge on any atom is -0.477 e. The number of hydrogen-bond acceptors (Lipinski definition) is 4. The lowest BCUT2D eigenvalue weighted by atomic mass is 10.1. The number of carboxylic acids is 1. The van der Waals surface area contributed by atoms with Crippen molar-refractivity contribution in [3.8, 4) is 0 Å². The Morgan fingerprint density at radius 2 is 1.42 bits per heavy atom. The molecule has 31 heavy (non-hydrogen) atoms. The van der Waals surface area contributed by atoms with Crippen LogP contribution in [0, 0.1) is 10.8 Å². The summed E-state index contributed by atoms with van der Waals surface area (Å²) < 4.78 is 2.67. The molecule has 0 aliphatic rings. The number of carbonyl (C=O) groups is 1. The van der Waals surface area contributed by atoms with Crippen molar-refractivity contribution in [1.82, 2.24) is 9.13 Å². The van der Waals surface area contributed by atoms with Crippen molar-refractivity contribution in [2.75, 3.05) is 0 Å². The Balaban J connectivity index is 2.10. The molecule has 1 aromatic heterocycles. The van der Waals surface area contributed by atoms with E-state index in [1.54, 1.807) is 55.5 Å². The lowest BCUT2D eigenvalue weighted by molar-refractivity contribution is 0.0684. The number of nitrogen functional groups attached to an aromatic ring is 2. The largest absolute Gasteiger partial charge is 0.477 e. The highest BCUT2D eigenvalue weighted by molar-refractivity contribution is 5.95. The van der Waals surface area contributed by atoms with E-state index in [9.17, 15) is 14.7 Å². The Kier molecular flexibility index (Phi) is 6.05. The van der Waals surface area contributed by atoms with Crippen LogP contribution in [0.2, 0.25) is 0 Å². The molecule has 0 amide bonds. The highest BCUT2D eigenvalue weighted by atomic mass is 16.4. The third-order valence-corrected chi connectivity index (χ3v) is 5.03. The minimum absolute atomic E-state index is 0.0368. The van der Waals surface area contributed by atoms with Crippen molar-refractivity contribution in [3.05, 3.63) is 92.7 Å². The van der Waals surface area contributed by atoms with Gasteiger partial charge in [0.1, 0.15) is 11.7 Å². The van der Waals surface area contributed by atoms with Gasteiger partial charge in [-0.15, -0.1) is 0 Å². The van der Waals surface area contributed by atoms with E-state index in [1.807, 2.05) is 0 Å². The van der Waals surface area contributed by atoms with Gasteiger partial charge in [0.15, 0.2) is 5.69 Å². The number of carboxylic acid groups (broad SMARTS) is 1. The summed E-state index contributed by atoms with van der Waals surface area (Å²) in [6.07, 6.45) is 0.351. The number of amidine groups is 2. The molecule has 0 atom stereocenters. The lowest BCUT2D eigenvalue weighted by Gasteiger charge is -2.08. The summed E-state index contributed by atoms with van der Waals surface area (Å²) in [4.78, 5) is 25.3. The second-order valence-corrected chi connectivity index (χ2v) is 7.14. The molecule has 0 saturated carbocycles. The maximum absolute atomic E-state index is 13.2. The van der Waals surface area contributed by atoms with Gasteiger partial charge in [-0.3, -0.25) is 20.0 Å². The van der Waals surface area contributed by atoms with Crippen molar-refractivity contribution in [2.45, 2.75) is 26.4 Å². The molecule has 3 rings (SSSR count). The fourth-order valence-electron chi connectivity index (χ4n) is 3.59. The van der Waals surface area contributed by atoms with E-state index in [0.717, 1.165) is 5.56 Å². The average molecular weight is 420 g/mol. The molecule has 2 aromatic carbocycles. The second kappa shape index (κ2) is 8.70. The van der Waals surface area contributed by atoms with E-state index < -0.39 is 11.7 Å². The Bertz CT molecular complexity index is 1240. The number of rotatable bonds is 8. The topological polar surface area (TPSA) is 164 Å². The number of imidazole rings is 1. The molecule has 9 nitrogen and oxygen atoms in total. The molecule has 0 radical (unpaired) electrons. The van der Waals surface area contributed by atoms with Gasteiger partial charge >= 0.3 is 11.7 Å². The monoisotopic (exact) mass is 420 g/mol. The van der Waals surface area contributed by atoms with Crippen molar-refractivity contribution >= 4 is 17.6 Å². The van der Waals surface area contributed by atoms with Crippen molar-refractivity contribution in [2.24, 2.45) is 11.5 Å². The van der Waals surface area contributed by atoms with Crippen LogP contribution in [0.25, 0.3) is 0 Å². The number of aromatic carboxylic acids is 1. The van der Waals surface area contributed by atoms with Crippen LogP contribution in [-0.4, -0.2) is 31.9 Å². The molecule has 1 heterocycles. The first-order chi connectivity index (χ1) is 14.7. The van der Waals surface area contributed by atoms with Gasteiger partial charge in [-0.05, 0) is 29.7 Å². The lowest BCUT2D eigenvalue weighted by Crippen LogP contribution is -2.27. The second-order valence-electron chi connectivity index (χ2n) is 7.14. The van der Waals surface area contributed by atoms with Crippen LogP contribution in [0.5, 0.6) is 0 Å². The van der Waals surface area contributed by atoms with E-state index in [-0.39, 0.29) is 30.5 Å². The fraction of sp³-hybridized carbons (Fsp3) is 0.182. The molecule has 3 aromatic rings. The third-order valence-electron chi connectivity index (χ3n) is 5.03. The maximum Gasteiger partial charge on any atom is 0.354 e. The molecule has 0 saturated heterocycles. The molecule has 0 aliphatic heterocycles. The molecule has 0 aliphatic carbocycles. The number of nitrogens with two attached hydrogens (primary N) is 2. The molecule has 0 unspecified atom stereocenters. The number of nitrogens with zero attached hydrogens (tertiary/aromatic N) is 2. The standard InChI is InChI=1S/C22H24N6O3/c1-2-17-18(21(29)30)28(12-14-6-4-8-16(10-14)20(25)26)22(31)27(17)11-13-5-3-7-15(9-13)19(23)24/h3-10H,2,11-12H2,1H3,(H3,23,24)(H3,25,26)(H,29,30). The number of hydrogen-bond donors (Lipinski definition) is 5. The van der Waals surface area contributed by atoms with Crippen molar-refractivity contribution in [1.29, 1.82) is 10.8 Å². The average Bonchev–Trinajstić information content (AvgIpc) is 2.99. The van der Waals surface area contributed by atoms with E-state index in [2.05, 4.69) is 0 Å². The summed E-state index contributed by atoms with van der Waals surface area (Å²) in [7, 11) is 0. The fourth-order valence-corrected chi connectivity index (χ4v) is 3.59. The van der Waals surface area contributed by atoms with Gasteiger partial charge in [0.05, 0.1) is 18.8 Å². The zero-order valence-electron chi connectivity index (χ0n) is 17.1. The molecular weight excluding hydrogens is 396 g/mol. The van der Waals surface area contributed by atoms with Crippen molar-refractivity contribution in [3.63, 3.8) is 0 Å². The smallest absolute Gasteiger partial charge is 0.354 e. The third kappa shape index (κ3) is 4.40. The van der Waals surface area contributed by atoms with Crippen LogP contribution in [0.15, 0.2) is 53.3 Å². The summed E-state index contributed by atoms with van der Waals surface area (Å²) in [5, 5.41) is 25.0. The SMILES string of the molecule is CCc1c(C(=O)O)n(Cc2cccc(C(=N)N)c2)c(=O)n1Cc1cccc(C(=N)N)c1. The zero-order chi connectivity index (χ0) is 22.7. The first kappa shape index (κ1) is 21.6. The zero-order valence-corrected chi connectivity index (χ0v) is 17.1. The first-order valence-corrected chi connectivity index (χ1v) is 9.65. The van der Waals surface area contributed by atoms with Crippen LogP contribution in [0.3, 0.4) is 0 Å². The van der Waals surface area contributed by atoms with Gasteiger partial charge in [0.2, 0.25) is 0 Å². The Labute approximate surface area is 178 Å². The number of benzene rings is 2. The van der Waals surface area contributed by atoms with Crippen LogP contribution in [0.1, 0.15) is 45.4 Å². The number of nitrogens with one attached hydrogen (secondary N) is 2. The summed E-state index contributed by atoms with van der Waals surface area (Å²) in [6.45, 7) is 1.99. The molecular formula is C22H24N6O3. The van der Waals surface area contributed by atoms with Gasteiger partial charge in [0, 0.05) is 11.1 Å². The predicted molar refractivity (Wildman–Crippen MR) is 118 cm³/mol. The van der Waals surface area contributed by atoms with Crippen LogP contribution in [-0.2, 0) is 19.5 Å². The van der Waals surface area contributed by atoms with E-state index in [4.69, 9.17) is 22.3 Å². The number of aromatic nitrogens is 2. The van der Waals surface area contributed by atoms with Crippen LogP contribution < -0.4 is 17.2 Å². The molecule has 0 bridgehead atoms. The van der Waals surface area contributed by atoms with E-state index in [0.29, 0.717) is 28.8 Å². The molecule has 0 spiro atoms. The summed E-state index contributed by atoms with van der Waals surface area (Å²) in [6, 6.07) is 13.8. The van der Waals surface area contributed by atoms with Gasteiger partial charge in [-0.25, -0.2) is 9.59 Å². The van der Waals surface area contributed by atoms with Crippen LogP contribution >= 0.6 is 0 Å². The van der Waals surface area contributed by atoms with Gasteiger partial charge in [-0.1, -0.05) is 43.3 Å². The normalized spacial score (nSPS) is 10.7. The molecule has 9 heteroatoms. The van der Waals surface area contributed by atoms with Gasteiger partial charge in [0.25, 0.3) is 0 Å².